The molecule has 1 aromatic heterocycles. The number of carbonyl (C=O) groups is 1. The molecule has 1 aromatic rings. The van der Waals surface area contributed by atoms with Crippen molar-refractivity contribution in [3.05, 3.63) is 0 Å². The minimum Gasteiger partial charge on any atom is -0.368 e. The highest BCUT2D eigenvalue weighted by Crippen LogP contribution is 2.25. The number of nitrogens with two attached hydrogens (primary N) is 1. The number of nitrogen functional groups attached to an aromatic ring is 1. The third kappa shape index (κ3) is 3.86. The molecule has 4 N–H and O–H groups in total. The zero-order chi connectivity index (χ0) is 13.8. The Morgan fingerprint density at radius 1 is 1.53 bits per heavy atom. The summed E-state index contributed by atoms with van der Waals surface area (Å²) in [5, 5.41) is 9.92. The molecule has 0 aromatic carbocycles. The van der Waals surface area contributed by atoms with Gasteiger partial charge in [0.2, 0.25) is 17.0 Å². The number of aromatic nitrogens is 3. The van der Waals surface area contributed by atoms with Crippen LogP contribution in [0.1, 0.15) is 39.5 Å². The lowest BCUT2D eigenvalue weighted by atomic mass is 9.86. The SMILES string of the molecule is C[C@H](Sc1n[nH]c(N)n1)C(=O)N[C@H]1CCCC[C@@H]1C. The molecule has 0 spiro atoms. The second-order valence-corrected chi connectivity index (χ2v) is 6.45. The Kier molecular flexibility index (Phi) is 4.68. The minimum absolute atomic E-state index is 0.0483. The first-order chi connectivity index (χ1) is 9.06. The van der Waals surface area contributed by atoms with Crippen LogP contribution in [0.5, 0.6) is 0 Å². The number of thioether (sulfide) groups is 1. The molecule has 0 saturated heterocycles. The van der Waals surface area contributed by atoms with Crippen molar-refractivity contribution in [3.8, 4) is 0 Å². The van der Waals surface area contributed by atoms with Gasteiger partial charge < -0.3 is 11.1 Å². The molecule has 2 rings (SSSR count). The second kappa shape index (κ2) is 6.27. The third-order valence-corrected chi connectivity index (χ3v) is 4.53. The lowest BCUT2D eigenvalue weighted by Gasteiger charge is -2.30. The average molecular weight is 283 g/mol. The molecule has 1 saturated carbocycles. The summed E-state index contributed by atoms with van der Waals surface area (Å²) in [5.41, 5.74) is 5.45. The number of nitrogens with one attached hydrogen (secondary N) is 2. The lowest BCUT2D eigenvalue weighted by molar-refractivity contribution is -0.121. The van der Waals surface area contributed by atoms with Gasteiger partial charge in [-0.15, -0.1) is 5.10 Å². The highest BCUT2D eigenvalue weighted by Gasteiger charge is 2.25. The van der Waals surface area contributed by atoms with Crippen LogP contribution in [0.3, 0.4) is 0 Å². The van der Waals surface area contributed by atoms with Crippen molar-refractivity contribution in [1.29, 1.82) is 0 Å². The van der Waals surface area contributed by atoms with Gasteiger partial charge in [-0.2, -0.15) is 4.98 Å². The smallest absolute Gasteiger partial charge is 0.233 e. The molecular formula is C12H21N5OS. The summed E-state index contributed by atoms with van der Waals surface area (Å²) in [6, 6.07) is 0.307. The van der Waals surface area contributed by atoms with E-state index in [1.54, 1.807) is 0 Å². The van der Waals surface area contributed by atoms with E-state index < -0.39 is 0 Å². The van der Waals surface area contributed by atoms with Crippen LogP contribution < -0.4 is 11.1 Å². The monoisotopic (exact) mass is 283 g/mol. The summed E-state index contributed by atoms with van der Waals surface area (Å²) in [7, 11) is 0. The first-order valence-corrected chi connectivity index (χ1v) is 7.59. The minimum atomic E-state index is -0.218. The van der Waals surface area contributed by atoms with Gasteiger partial charge in [0.25, 0.3) is 0 Å². The summed E-state index contributed by atoms with van der Waals surface area (Å²) < 4.78 is 0. The zero-order valence-electron chi connectivity index (χ0n) is 11.3. The highest BCUT2D eigenvalue weighted by molar-refractivity contribution is 8.00. The van der Waals surface area contributed by atoms with E-state index in [9.17, 15) is 4.79 Å². The molecule has 7 heteroatoms. The molecule has 0 aliphatic heterocycles. The maximum Gasteiger partial charge on any atom is 0.233 e. The average Bonchev–Trinajstić information content (AvgIpc) is 2.77. The number of rotatable bonds is 4. The first kappa shape index (κ1) is 14.2. The van der Waals surface area contributed by atoms with Gasteiger partial charge in [0, 0.05) is 6.04 Å². The van der Waals surface area contributed by atoms with Gasteiger partial charge in [-0.3, -0.25) is 4.79 Å². The van der Waals surface area contributed by atoms with Gasteiger partial charge in [0.1, 0.15) is 0 Å². The van der Waals surface area contributed by atoms with E-state index >= 15 is 0 Å². The van der Waals surface area contributed by atoms with Gasteiger partial charge in [-0.05, 0) is 25.7 Å². The van der Waals surface area contributed by atoms with Crippen molar-refractivity contribution in [3.63, 3.8) is 0 Å². The van der Waals surface area contributed by atoms with E-state index in [-0.39, 0.29) is 17.1 Å². The number of anilines is 1. The predicted molar refractivity (Wildman–Crippen MR) is 75.7 cm³/mol. The molecule has 1 aliphatic rings. The first-order valence-electron chi connectivity index (χ1n) is 6.71. The Balaban J connectivity index is 1.85. The van der Waals surface area contributed by atoms with E-state index in [0.29, 0.717) is 17.1 Å². The fourth-order valence-corrected chi connectivity index (χ4v) is 3.09. The van der Waals surface area contributed by atoms with Crippen molar-refractivity contribution in [1.82, 2.24) is 20.5 Å². The van der Waals surface area contributed by atoms with Gasteiger partial charge >= 0.3 is 0 Å². The molecule has 3 atom stereocenters. The van der Waals surface area contributed by atoms with Crippen LogP contribution in [-0.4, -0.2) is 32.4 Å². The number of carbonyl (C=O) groups excluding carboxylic acids is 1. The topological polar surface area (TPSA) is 96.7 Å². The summed E-state index contributed by atoms with van der Waals surface area (Å²) in [5.74, 6) is 0.886. The lowest BCUT2D eigenvalue weighted by Crippen LogP contribution is -2.44. The molecule has 6 nitrogen and oxygen atoms in total. The summed E-state index contributed by atoms with van der Waals surface area (Å²) in [6.45, 7) is 4.07. The van der Waals surface area contributed by atoms with Crippen LogP contribution in [0.25, 0.3) is 0 Å². The highest BCUT2D eigenvalue weighted by atomic mass is 32.2. The number of amides is 1. The number of hydrogen-bond acceptors (Lipinski definition) is 5. The number of aromatic amines is 1. The molecule has 0 bridgehead atoms. The molecule has 19 heavy (non-hydrogen) atoms. The fourth-order valence-electron chi connectivity index (χ4n) is 2.35. The van der Waals surface area contributed by atoms with Crippen LogP contribution >= 0.6 is 11.8 Å². The van der Waals surface area contributed by atoms with E-state index in [2.05, 4.69) is 27.4 Å². The maximum absolute atomic E-state index is 12.1. The Hall–Kier alpha value is -1.24. The molecule has 1 heterocycles. The van der Waals surface area contributed by atoms with Crippen molar-refractivity contribution >= 4 is 23.6 Å². The second-order valence-electron chi connectivity index (χ2n) is 5.14. The number of nitrogens with zero attached hydrogens (tertiary/aromatic N) is 2. The summed E-state index contributed by atoms with van der Waals surface area (Å²) in [6.07, 6.45) is 4.75. The van der Waals surface area contributed by atoms with Gasteiger partial charge in [0.15, 0.2) is 0 Å². The summed E-state index contributed by atoms with van der Waals surface area (Å²) in [4.78, 5) is 16.1. The van der Waals surface area contributed by atoms with Crippen molar-refractivity contribution in [2.75, 3.05) is 5.73 Å². The fraction of sp³-hybridized carbons (Fsp3) is 0.750. The van der Waals surface area contributed by atoms with Crippen LogP contribution in [0, 0.1) is 5.92 Å². The molecule has 1 fully saturated rings. The molecular weight excluding hydrogens is 262 g/mol. The van der Waals surface area contributed by atoms with Gasteiger partial charge in [-0.25, -0.2) is 5.10 Å². The van der Waals surface area contributed by atoms with Gasteiger partial charge in [-0.1, -0.05) is 31.5 Å². The standard InChI is InChI=1S/C12H21N5OS/c1-7-5-3-4-6-9(7)14-10(18)8(2)19-12-15-11(13)16-17-12/h7-9H,3-6H2,1-2H3,(H,14,18)(H3,13,15,16,17)/t7-,8-,9-/m0/s1. The van der Waals surface area contributed by atoms with Crippen LogP contribution in [0.4, 0.5) is 5.95 Å². The zero-order valence-corrected chi connectivity index (χ0v) is 12.2. The summed E-state index contributed by atoms with van der Waals surface area (Å²) >= 11 is 1.32. The molecule has 1 aliphatic carbocycles. The van der Waals surface area contributed by atoms with Crippen LogP contribution in [-0.2, 0) is 4.79 Å². The van der Waals surface area contributed by atoms with Crippen LogP contribution in [0.2, 0.25) is 0 Å². The Morgan fingerprint density at radius 3 is 2.89 bits per heavy atom. The molecule has 0 unspecified atom stereocenters. The third-order valence-electron chi connectivity index (χ3n) is 3.57. The predicted octanol–water partition coefficient (Wildman–Crippen LogP) is 1.56. The largest absolute Gasteiger partial charge is 0.368 e. The Bertz CT molecular complexity index is 436. The number of hydrogen-bond donors (Lipinski definition) is 3. The van der Waals surface area contributed by atoms with E-state index in [1.807, 2.05) is 6.92 Å². The quantitative estimate of drug-likeness (QED) is 0.729. The Labute approximate surface area is 117 Å². The van der Waals surface area contributed by atoms with E-state index in [0.717, 1.165) is 6.42 Å². The van der Waals surface area contributed by atoms with Crippen molar-refractivity contribution < 1.29 is 4.79 Å². The van der Waals surface area contributed by atoms with E-state index in [1.165, 1.54) is 31.0 Å². The van der Waals surface area contributed by atoms with Crippen molar-refractivity contribution in [2.45, 2.75) is 56.0 Å². The van der Waals surface area contributed by atoms with Gasteiger partial charge in [0.05, 0.1) is 5.25 Å². The Morgan fingerprint density at radius 2 is 2.26 bits per heavy atom. The normalized spacial score (nSPS) is 24.9. The van der Waals surface area contributed by atoms with E-state index in [4.69, 9.17) is 5.73 Å². The van der Waals surface area contributed by atoms with Crippen molar-refractivity contribution in [2.24, 2.45) is 5.92 Å². The molecule has 1 amide bonds. The van der Waals surface area contributed by atoms with Crippen LogP contribution in [0.15, 0.2) is 5.16 Å². The molecule has 106 valence electrons. The number of H-pyrrole nitrogens is 1. The molecule has 0 radical (unpaired) electrons. The maximum atomic E-state index is 12.1.